The Morgan fingerprint density at radius 3 is 2.77 bits per heavy atom. The molecule has 3 N–H and O–H groups in total. The number of nitrogens with two attached hydrogens (primary N) is 1. The molecule has 0 bridgehead atoms. The van der Waals surface area contributed by atoms with E-state index in [9.17, 15) is 4.79 Å². The lowest BCUT2D eigenvalue weighted by Crippen LogP contribution is -2.34. The van der Waals surface area contributed by atoms with Crippen molar-refractivity contribution in [3.8, 4) is 0 Å². The smallest absolute Gasteiger partial charge is 0.323 e. The van der Waals surface area contributed by atoms with E-state index in [2.05, 4.69) is 15.3 Å². The van der Waals surface area contributed by atoms with Gasteiger partial charge in [-0.05, 0) is 55.5 Å². The first-order valence-corrected chi connectivity index (χ1v) is 8.56. The van der Waals surface area contributed by atoms with Gasteiger partial charge in [-0.25, -0.2) is 4.98 Å². The molecule has 26 heavy (non-hydrogen) atoms. The molecule has 0 saturated heterocycles. The number of hydrogen-bond acceptors (Lipinski definition) is 6. The summed E-state index contributed by atoms with van der Waals surface area (Å²) in [7, 11) is 0. The van der Waals surface area contributed by atoms with Gasteiger partial charge in [0.1, 0.15) is 11.9 Å². The minimum absolute atomic E-state index is 0.335. The lowest BCUT2D eigenvalue weighted by Gasteiger charge is -2.12. The molecule has 134 valence electrons. The van der Waals surface area contributed by atoms with Gasteiger partial charge in [-0.3, -0.25) is 9.78 Å². The number of carbonyl (C=O) groups excluding carboxylic acids is 1. The molecule has 0 radical (unpaired) electrons. The van der Waals surface area contributed by atoms with E-state index in [-0.39, 0.29) is 5.97 Å². The van der Waals surface area contributed by atoms with Crippen LogP contribution in [0, 0.1) is 6.92 Å². The third-order valence-corrected chi connectivity index (χ3v) is 4.02. The molecule has 0 saturated carbocycles. The number of aromatic nitrogens is 2. The highest BCUT2D eigenvalue weighted by molar-refractivity contribution is 5.92. The molecule has 0 amide bonds. The number of fused-ring (bicyclic) bond motifs is 1. The Morgan fingerprint density at radius 1 is 1.27 bits per heavy atom. The average molecular weight is 350 g/mol. The Labute approximate surface area is 152 Å². The normalized spacial score (nSPS) is 12.0. The zero-order valence-electron chi connectivity index (χ0n) is 14.9. The molecular weight excluding hydrogens is 328 g/mol. The van der Waals surface area contributed by atoms with Gasteiger partial charge in [0.05, 0.1) is 6.61 Å². The maximum atomic E-state index is 11.6. The summed E-state index contributed by atoms with van der Waals surface area (Å²) in [5.74, 6) is 0.390. The SMILES string of the molecule is CCOC(=O)[C@@H](N)Cc1ccc(Nc2nc(C)cc3ccncc23)cc1. The van der Waals surface area contributed by atoms with E-state index in [1.807, 2.05) is 43.3 Å². The molecule has 3 rings (SSSR count). The molecule has 6 nitrogen and oxygen atoms in total. The third-order valence-electron chi connectivity index (χ3n) is 4.02. The zero-order valence-corrected chi connectivity index (χ0v) is 14.9. The van der Waals surface area contributed by atoms with Crippen LogP contribution in [-0.4, -0.2) is 28.6 Å². The van der Waals surface area contributed by atoms with E-state index < -0.39 is 6.04 Å². The lowest BCUT2D eigenvalue weighted by molar-refractivity contribution is -0.144. The number of anilines is 2. The predicted octanol–water partition coefficient (Wildman–Crippen LogP) is 3.11. The van der Waals surface area contributed by atoms with Gasteiger partial charge in [-0.1, -0.05) is 12.1 Å². The summed E-state index contributed by atoms with van der Waals surface area (Å²) in [6.45, 7) is 4.07. The maximum Gasteiger partial charge on any atom is 0.323 e. The number of esters is 1. The lowest BCUT2D eigenvalue weighted by atomic mass is 10.1. The van der Waals surface area contributed by atoms with Crippen molar-refractivity contribution in [3.63, 3.8) is 0 Å². The Balaban J connectivity index is 1.75. The quantitative estimate of drug-likeness (QED) is 0.664. The van der Waals surface area contributed by atoms with Crippen LogP contribution in [0.15, 0.2) is 48.8 Å². The van der Waals surface area contributed by atoms with Gasteiger partial charge in [0.15, 0.2) is 0 Å². The number of hydrogen-bond donors (Lipinski definition) is 2. The fourth-order valence-corrected chi connectivity index (χ4v) is 2.77. The highest BCUT2D eigenvalue weighted by Crippen LogP contribution is 2.25. The van der Waals surface area contributed by atoms with E-state index in [1.54, 1.807) is 19.3 Å². The minimum Gasteiger partial charge on any atom is -0.465 e. The van der Waals surface area contributed by atoms with E-state index in [0.29, 0.717) is 13.0 Å². The topological polar surface area (TPSA) is 90.1 Å². The van der Waals surface area contributed by atoms with Gasteiger partial charge in [0, 0.05) is 29.2 Å². The Bertz CT molecular complexity index is 909. The van der Waals surface area contributed by atoms with Gasteiger partial charge in [-0.15, -0.1) is 0 Å². The molecule has 2 aromatic heterocycles. The molecule has 0 aliphatic carbocycles. The maximum absolute atomic E-state index is 11.6. The van der Waals surface area contributed by atoms with Crippen molar-refractivity contribution >= 4 is 28.2 Å². The third kappa shape index (κ3) is 4.15. The van der Waals surface area contributed by atoms with E-state index in [1.165, 1.54) is 0 Å². The second-order valence-corrected chi connectivity index (χ2v) is 6.09. The number of nitrogens with one attached hydrogen (secondary N) is 1. The molecule has 0 fully saturated rings. The van der Waals surface area contributed by atoms with Crippen LogP contribution in [0.2, 0.25) is 0 Å². The molecule has 1 aromatic carbocycles. The van der Waals surface area contributed by atoms with Crippen LogP contribution < -0.4 is 11.1 Å². The standard InChI is InChI=1S/C20H22N4O2/c1-3-26-20(25)18(21)11-14-4-6-16(7-5-14)24-19-17-12-22-9-8-15(17)10-13(2)23-19/h4-10,12,18H,3,11,21H2,1-2H3,(H,23,24)/t18-/m0/s1. The monoisotopic (exact) mass is 350 g/mol. The Hall–Kier alpha value is -2.99. The van der Waals surface area contributed by atoms with Crippen molar-refractivity contribution in [2.24, 2.45) is 5.73 Å². The van der Waals surface area contributed by atoms with Crippen LogP contribution in [0.4, 0.5) is 11.5 Å². The molecule has 0 aliphatic rings. The largest absolute Gasteiger partial charge is 0.465 e. The Kier molecular flexibility index (Phi) is 5.43. The summed E-state index contributed by atoms with van der Waals surface area (Å²) in [5, 5.41) is 5.39. The summed E-state index contributed by atoms with van der Waals surface area (Å²) in [4.78, 5) is 20.4. The van der Waals surface area contributed by atoms with Crippen molar-refractivity contribution in [2.75, 3.05) is 11.9 Å². The molecule has 2 heterocycles. The summed E-state index contributed by atoms with van der Waals surface area (Å²) in [6.07, 6.45) is 4.01. The predicted molar refractivity (Wildman–Crippen MR) is 102 cm³/mol. The number of ether oxygens (including phenoxy) is 1. The van der Waals surface area contributed by atoms with E-state index in [0.717, 1.165) is 33.5 Å². The van der Waals surface area contributed by atoms with Crippen molar-refractivity contribution in [1.29, 1.82) is 0 Å². The zero-order chi connectivity index (χ0) is 18.5. The number of carbonyl (C=O) groups is 1. The molecule has 1 atom stereocenters. The van der Waals surface area contributed by atoms with Crippen LogP contribution in [0.25, 0.3) is 10.8 Å². The summed E-state index contributed by atoms with van der Waals surface area (Å²) >= 11 is 0. The van der Waals surface area contributed by atoms with Gasteiger partial charge in [0.25, 0.3) is 0 Å². The first kappa shape index (κ1) is 17.8. The second-order valence-electron chi connectivity index (χ2n) is 6.09. The van der Waals surface area contributed by atoms with E-state index in [4.69, 9.17) is 10.5 Å². The molecule has 0 aliphatic heterocycles. The summed E-state index contributed by atoms with van der Waals surface area (Å²) in [5.41, 5.74) is 8.68. The summed E-state index contributed by atoms with van der Waals surface area (Å²) in [6, 6.07) is 11.1. The minimum atomic E-state index is -0.651. The van der Waals surface area contributed by atoms with Crippen molar-refractivity contribution in [3.05, 3.63) is 60.0 Å². The van der Waals surface area contributed by atoms with Gasteiger partial charge in [0.2, 0.25) is 0 Å². The molecule has 3 aromatic rings. The fraction of sp³-hybridized carbons (Fsp3) is 0.250. The van der Waals surface area contributed by atoms with Crippen LogP contribution in [0.5, 0.6) is 0 Å². The molecule has 6 heteroatoms. The average Bonchev–Trinajstić information content (AvgIpc) is 2.63. The number of aryl methyl sites for hydroxylation is 1. The molecular formula is C20H22N4O2. The van der Waals surface area contributed by atoms with Crippen molar-refractivity contribution < 1.29 is 9.53 Å². The van der Waals surface area contributed by atoms with Crippen LogP contribution in [0.1, 0.15) is 18.2 Å². The Morgan fingerprint density at radius 2 is 2.04 bits per heavy atom. The van der Waals surface area contributed by atoms with Gasteiger partial charge < -0.3 is 15.8 Å². The molecule has 0 spiro atoms. The highest BCUT2D eigenvalue weighted by atomic mass is 16.5. The number of nitrogens with zero attached hydrogens (tertiary/aromatic N) is 2. The first-order chi connectivity index (χ1) is 12.6. The van der Waals surface area contributed by atoms with Crippen molar-refractivity contribution in [2.45, 2.75) is 26.3 Å². The number of pyridine rings is 2. The number of rotatable bonds is 6. The highest BCUT2D eigenvalue weighted by Gasteiger charge is 2.15. The number of benzene rings is 1. The van der Waals surface area contributed by atoms with E-state index >= 15 is 0 Å². The van der Waals surface area contributed by atoms with Crippen molar-refractivity contribution in [1.82, 2.24) is 9.97 Å². The second kappa shape index (κ2) is 7.93. The molecule has 0 unspecified atom stereocenters. The van der Waals surface area contributed by atoms with Crippen LogP contribution >= 0.6 is 0 Å². The van der Waals surface area contributed by atoms with Gasteiger partial charge in [-0.2, -0.15) is 0 Å². The van der Waals surface area contributed by atoms with Crippen LogP contribution in [-0.2, 0) is 16.0 Å². The summed E-state index contributed by atoms with van der Waals surface area (Å²) < 4.78 is 4.94. The van der Waals surface area contributed by atoms with Crippen LogP contribution in [0.3, 0.4) is 0 Å². The van der Waals surface area contributed by atoms with Gasteiger partial charge >= 0.3 is 5.97 Å². The fourth-order valence-electron chi connectivity index (χ4n) is 2.77. The first-order valence-electron chi connectivity index (χ1n) is 8.56.